The summed E-state index contributed by atoms with van der Waals surface area (Å²) in [6.45, 7) is 2.02. The molecule has 1 aliphatic rings. The number of hydrogen-bond acceptors (Lipinski definition) is 3. The van der Waals surface area contributed by atoms with Gasteiger partial charge in [0.1, 0.15) is 0 Å². The lowest BCUT2D eigenvalue weighted by atomic mass is 10.1. The summed E-state index contributed by atoms with van der Waals surface area (Å²) in [4.78, 5) is 28.1. The Kier molecular flexibility index (Phi) is 3.18. The molecule has 1 aliphatic heterocycles. The molecule has 0 bridgehead atoms. The number of hydrogen-bond donors (Lipinski definition) is 0. The van der Waals surface area contributed by atoms with Crippen LogP contribution in [0.2, 0.25) is 0 Å². The van der Waals surface area contributed by atoms with Crippen molar-refractivity contribution in [1.29, 1.82) is 0 Å². The fourth-order valence-electron chi connectivity index (χ4n) is 1.41. The number of fused-ring (bicyclic) bond motifs is 1. The lowest BCUT2D eigenvalue weighted by Gasteiger charge is -2.10. The van der Waals surface area contributed by atoms with Gasteiger partial charge in [0.25, 0.3) is 11.8 Å². The zero-order valence-corrected chi connectivity index (χ0v) is 8.19. The molecule has 5 nitrogen and oxygen atoms in total. The van der Waals surface area contributed by atoms with Crippen molar-refractivity contribution in [1.82, 2.24) is 5.06 Å². The molecule has 0 saturated heterocycles. The van der Waals surface area contributed by atoms with Crippen LogP contribution in [0.25, 0.3) is 0 Å². The summed E-state index contributed by atoms with van der Waals surface area (Å²) in [5.74, 6) is -0.764. The van der Waals surface area contributed by atoms with Gasteiger partial charge >= 0.3 is 0 Å². The SMILES string of the molecule is CCON1C(=O)c2ccccc2C1=O.O. The molecule has 0 unspecified atom stereocenters. The van der Waals surface area contributed by atoms with Crippen molar-refractivity contribution in [2.75, 3.05) is 6.61 Å². The van der Waals surface area contributed by atoms with E-state index in [2.05, 4.69) is 0 Å². The summed E-state index contributed by atoms with van der Waals surface area (Å²) in [7, 11) is 0. The lowest BCUT2D eigenvalue weighted by Crippen LogP contribution is -2.29. The van der Waals surface area contributed by atoms with E-state index in [1.165, 1.54) is 0 Å². The molecular formula is C10H11NO4. The smallest absolute Gasteiger partial charge is 0.285 e. The van der Waals surface area contributed by atoms with E-state index in [1.54, 1.807) is 31.2 Å². The average molecular weight is 209 g/mol. The number of hydroxylamine groups is 2. The molecule has 80 valence electrons. The van der Waals surface area contributed by atoms with E-state index < -0.39 is 0 Å². The van der Waals surface area contributed by atoms with Gasteiger partial charge in [-0.1, -0.05) is 12.1 Å². The molecule has 0 fully saturated rings. The molecule has 0 spiro atoms. The van der Waals surface area contributed by atoms with Gasteiger partial charge in [-0.15, -0.1) is 5.06 Å². The zero-order chi connectivity index (χ0) is 10.1. The van der Waals surface area contributed by atoms with Crippen molar-refractivity contribution in [3.63, 3.8) is 0 Å². The van der Waals surface area contributed by atoms with Crippen molar-refractivity contribution < 1.29 is 19.9 Å². The molecule has 0 saturated carbocycles. The molecule has 1 aromatic carbocycles. The van der Waals surface area contributed by atoms with Crippen LogP contribution in [0, 0.1) is 0 Å². The molecule has 0 aliphatic carbocycles. The highest BCUT2D eigenvalue weighted by Gasteiger charge is 2.35. The number of imide groups is 1. The largest absolute Gasteiger partial charge is 0.412 e. The Bertz CT molecular complexity index is 367. The maximum absolute atomic E-state index is 11.6. The molecule has 5 heteroatoms. The molecule has 1 aromatic rings. The highest BCUT2D eigenvalue weighted by Crippen LogP contribution is 2.22. The minimum atomic E-state index is -0.382. The minimum Gasteiger partial charge on any atom is -0.412 e. The molecule has 15 heavy (non-hydrogen) atoms. The van der Waals surface area contributed by atoms with Gasteiger partial charge < -0.3 is 5.48 Å². The van der Waals surface area contributed by atoms with Gasteiger partial charge in [-0.25, -0.2) is 0 Å². The van der Waals surface area contributed by atoms with E-state index >= 15 is 0 Å². The molecule has 0 radical (unpaired) electrons. The van der Waals surface area contributed by atoms with E-state index in [-0.39, 0.29) is 17.3 Å². The van der Waals surface area contributed by atoms with E-state index in [0.717, 1.165) is 5.06 Å². The van der Waals surface area contributed by atoms with E-state index in [1.807, 2.05) is 0 Å². The van der Waals surface area contributed by atoms with Crippen molar-refractivity contribution in [2.24, 2.45) is 0 Å². The van der Waals surface area contributed by atoms with Crippen LogP contribution in [0.4, 0.5) is 0 Å². The predicted octanol–water partition coefficient (Wildman–Crippen LogP) is 0.409. The summed E-state index contributed by atoms with van der Waals surface area (Å²) in [6, 6.07) is 6.68. The first-order chi connectivity index (χ1) is 6.75. The maximum atomic E-state index is 11.6. The minimum absolute atomic E-state index is 0. The van der Waals surface area contributed by atoms with Crippen LogP contribution < -0.4 is 0 Å². The summed E-state index contributed by atoms with van der Waals surface area (Å²) in [5.41, 5.74) is 0.817. The highest BCUT2D eigenvalue weighted by atomic mass is 16.7. The quantitative estimate of drug-likeness (QED) is 0.662. The molecule has 2 amide bonds. The third-order valence-corrected chi connectivity index (χ3v) is 2.01. The summed E-state index contributed by atoms with van der Waals surface area (Å²) in [5, 5.41) is 0.810. The number of nitrogens with zero attached hydrogens (tertiary/aromatic N) is 1. The fraction of sp³-hybridized carbons (Fsp3) is 0.200. The van der Waals surface area contributed by atoms with Crippen LogP contribution in [0.5, 0.6) is 0 Å². The lowest BCUT2D eigenvalue weighted by molar-refractivity contribution is -0.0863. The van der Waals surface area contributed by atoms with Crippen LogP contribution in [-0.4, -0.2) is 29.0 Å². The van der Waals surface area contributed by atoms with Gasteiger partial charge in [0.15, 0.2) is 0 Å². The van der Waals surface area contributed by atoms with Gasteiger partial charge in [0, 0.05) is 0 Å². The number of carbonyl (C=O) groups excluding carboxylic acids is 2. The van der Waals surface area contributed by atoms with Crippen LogP contribution in [0.15, 0.2) is 24.3 Å². The zero-order valence-electron chi connectivity index (χ0n) is 8.19. The molecule has 0 aromatic heterocycles. The van der Waals surface area contributed by atoms with Crippen molar-refractivity contribution in [3.05, 3.63) is 35.4 Å². The number of amides is 2. The topological polar surface area (TPSA) is 78.1 Å². The molecule has 0 atom stereocenters. The van der Waals surface area contributed by atoms with E-state index in [4.69, 9.17) is 4.84 Å². The number of rotatable bonds is 2. The first kappa shape index (κ1) is 11.4. The van der Waals surface area contributed by atoms with Crippen LogP contribution in [0.3, 0.4) is 0 Å². The Balaban J connectivity index is 0.00000112. The summed E-state index contributed by atoms with van der Waals surface area (Å²) >= 11 is 0. The van der Waals surface area contributed by atoms with E-state index in [0.29, 0.717) is 17.7 Å². The third kappa shape index (κ3) is 1.62. The second kappa shape index (κ2) is 4.20. The molecule has 2 N–H and O–H groups in total. The Hall–Kier alpha value is -1.72. The second-order valence-electron chi connectivity index (χ2n) is 2.87. The van der Waals surface area contributed by atoms with Gasteiger partial charge in [0.2, 0.25) is 0 Å². The Morgan fingerprint density at radius 3 is 2.00 bits per heavy atom. The van der Waals surface area contributed by atoms with Crippen molar-refractivity contribution in [3.8, 4) is 0 Å². The second-order valence-corrected chi connectivity index (χ2v) is 2.87. The van der Waals surface area contributed by atoms with Gasteiger partial charge in [-0.05, 0) is 19.1 Å². The predicted molar refractivity (Wildman–Crippen MR) is 52.2 cm³/mol. The van der Waals surface area contributed by atoms with Crippen LogP contribution >= 0.6 is 0 Å². The summed E-state index contributed by atoms with van der Waals surface area (Å²) in [6.07, 6.45) is 0. The third-order valence-electron chi connectivity index (χ3n) is 2.01. The van der Waals surface area contributed by atoms with Gasteiger partial charge in [-0.3, -0.25) is 14.4 Å². The standard InChI is InChI=1S/C10H9NO3.H2O/c1-2-14-11-9(12)7-5-3-4-6-8(7)10(11)13;/h3-6H,2H2,1H3;1H2. The maximum Gasteiger partial charge on any atom is 0.285 e. The average Bonchev–Trinajstić information content (AvgIpc) is 2.45. The Labute approximate surface area is 86.5 Å². The monoisotopic (exact) mass is 209 g/mol. The van der Waals surface area contributed by atoms with Gasteiger partial charge in [-0.2, -0.15) is 0 Å². The first-order valence-corrected chi connectivity index (χ1v) is 4.36. The number of benzene rings is 1. The van der Waals surface area contributed by atoms with Gasteiger partial charge in [0.05, 0.1) is 17.7 Å². The molecular weight excluding hydrogens is 198 g/mol. The first-order valence-electron chi connectivity index (χ1n) is 4.36. The summed E-state index contributed by atoms with van der Waals surface area (Å²) < 4.78 is 0. The highest BCUT2D eigenvalue weighted by molar-refractivity contribution is 6.20. The number of carbonyl (C=O) groups is 2. The van der Waals surface area contributed by atoms with Crippen molar-refractivity contribution >= 4 is 11.8 Å². The van der Waals surface area contributed by atoms with Crippen LogP contribution in [-0.2, 0) is 4.84 Å². The molecule has 1 heterocycles. The Morgan fingerprint density at radius 2 is 1.60 bits per heavy atom. The molecule has 2 rings (SSSR count). The Morgan fingerprint density at radius 1 is 1.13 bits per heavy atom. The normalized spacial score (nSPS) is 13.8. The van der Waals surface area contributed by atoms with Crippen molar-refractivity contribution in [2.45, 2.75) is 6.92 Å². The fourth-order valence-corrected chi connectivity index (χ4v) is 1.41. The van der Waals surface area contributed by atoms with Crippen LogP contribution in [0.1, 0.15) is 27.6 Å². The van der Waals surface area contributed by atoms with E-state index in [9.17, 15) is 9.59 Å².